The minimum absolute atomic E-state index is 0.435. The third-order valence-electron chi connectivity index (χ3n) is 1.91. The molecule has 0 fully saturated rings. The van der Waals surface area contributed by atoms with Crippen LogP contribution in [0.2, 0.25) is 0 Å². The Morgan fingerprint density at radius 1 is 1.53 bits per heavy atom. The molecular formula is C9H8BrN5OS. The summed E-state index contributed by atoms with van der Waals surface area (Å²) in [7, 11) is 0. The Bertz CT molecular complexity index is 577. The number of hydrogen-bond acceptors (Lipinski definition) is 6. The molecule has 0 saturated carbocycles. The van der Waals surface area contributed by atoms with Crippen LogP contribution in [-0.2, 0) is 0 Å². The smallest absolute Gasteiger partial charge is 0.189 e. The fourth-order valence-electron chi connectivity index (χ4n) is 1.19. The standard InChI is InChI=1S/C9H8BrN5OS/c1-17-9-11-3-5-2-6(10)8(12-4-13-16)14-7(5)15-9/h2-4,16H,1H3,(H,11,12,13,14,15). The van der Waals surface area contributed by atoms with E-state index < -0.39 is 0 Å². The predicted octanol–water partition coefficient (Wildman–Crippen LogP) is 2.15. The molecule has 0 unspecified atom stereocenters. The van der Waals surface area contributed by atoms with E-state index in [0.717, 1.165) is 11.7 Å². The van der Waals surface area contributed by atoms with E-state index in [-0.39, 0.29) is 0 Å². The van der Waals surface area contributed by atoms with Gasteiger partial charge >= 0.3 is 0 Å². The maximum absolute atomic E-state index is 8.44. The lowest BCUT2D eigenvalue weighted by molar-refractivity contribution is 0.240. The van der Waals surface area contributed by atoms with Crippen LogP contribution in [0.15, 0.2) is 26.9 Å². The first-order valence-electron chi connectivity index (χ1n) is 4.54. The van der Waals surface area contributed by atoms with Crippen molar-refractivity contribution in [2.45, 2.75) is 5.16 Å². The Labute approximate surface area is 110 Å². The van der Waals surface area contributed by atoms with Crippen molar-refractivity contribution >= 4 is 50.9 Å². The highest BCUT2D eigenvalue weighted by Gasteiger charge is 2.06. The van der Waals surface area contributed by atoms with Crippen LogP contribution in [0, 0.1) is 0 Å². The van der Waals surface area contributed by atoms with E-state index in [0.29, 0.717) is 21.1 Å². The molecule has 2 heterocycles. The second-order valence-electron chi connectivity index (χ2n) is 2.95. The Morgan fingerprint density at radius 2 is 2.35 bits per heavy atom. The fraction of sp³-hybridized carbons (Fsp3) is 0.111. The Morgan fingerprint density at radius 3 is 3.06 bits per heavy atom. The summed E-state index contributed by atoms with van der Waals surface area (Å²) in [5.41, 5.74) is 2.39. The third-order valence-corrected chi connectivity index (χ3v) is 3.05. The summed E-state index contributed by atoms with van der Waals surface area (Å²) in [4.78, 5) is 16.6. The van der Waals surface area contributed by atoms with Crippen molar-refractivity contribution in [1.29, 1.82) is 0 Å². The number of nitrogens with zero attached hydrogens (tertiary/aromatic N) is 4. The summed E-state index contributed by atoms with van der Waals surface area (Å²) in [6.07, 6.45) is 4.74. The van der Waals surface area contributed by atoms with Crippen LogP contribution in [0.25, 0.3) is 11.0 Å². The third kappa shape index (κ3) is 2.71. The van der Waals surface area contributed by atoms with E-state index in [1.807, 2.05) is 17.8 Å². The second kappa shape index (κ2) is 5.39. The van der Waals surface area contributed by atoms with E-state index >= 15 is 0 Å². The molecule has 88 valence electrons. The van der Waals surface area contributed by atoms with Gasteiger partial charge in [-0.1, -0.05) is 11.8 Å². The van der Waals surface area contributed by atoms with E-state index in [1.165, 1.54) is 11.8 Å². The summed E-state index contributed by atoms with van der Waals surface area (Å²) >= 11 is 4.78. The van der Waals surface area contributed by atoms with Gasteiger partial charge in [-0.3, -0.25) is 10.7 Å². The lowest BCUT2D eigenvalue weighted by Crippen LogP contribution is -2.01. The van der Waals surface area contributed by atoms with E-state index in [2.05, 4.69) is 35.9 Å². The summed E-state index contributed by atoms with van der Waals surface area (Å²) in [5, 5.41) is 9.92. The van der Waals surface area contributed by atoms with Crippen LogP contribution in [-0.4, -0.2) is 32.8 Å². The first-order valence-corrected chi connectivity index (χ1v) is 6.56. The van der Waals surface area contributed by atoms with Gasteiger partial charge in [0.25, 0.3) is 0 Å². The van der Waals surface area contributed by atoms with Gasteiger partial charge in [0, 0.05) is 11.6 Å². The Hall–Kier alpha value is -1.25. The zero-order valence-electron chi connectivity index (χ0n) is 8.75. The average molecular weight is 314 g/mol. The minimum Gasteiger partial charge on any atom is -0.290 e. The van der Waals surface area contributed by atoms with Gasteiger partial charge in [0.2, 0.25) is 0 Å². The van der Waals surface area contributed by atoms with Crippen LogP contribution in [0.4, 0.5) is 5.82 Å². The highest BCUT2D eigenvalue weighted by atomic mass is 79.9. The van der Waals surface area contributed by atoms with Gasteiger partial charge < -0.3 is 0 Å². The quantitative estimate of drug-likeness (QED) is 0.297. The predicted molar refractivity (Wildman–Crippen MR) is 69.9 cm³/mol. The van der Waals surface area contributed by atoms with Crippen LogP contribution < -0.4 is 5.48 Å². The molecule has 2 aromatic rings. The summed E-state index contributed by atoms with van der Waals surface area (Å²) in [6.45, 7) is 0. The Kier molecular flexibility index (Phi) is 3.87. The molecule has 0 spiro atoms. The molecule has 2 aromatic heterocycles. The first kappa shape index (κ1) is 12.2. The number of aromatic nitrogens is 3. The van der Waals surface area contributed by atoms with Crippen molar-refractivity contribution in [3.8, 4) is 0 Å². The van der Waals surface area contributed by atoms with E-state index in [4.69, 9.17) is 5.21 Å². The number of hydroxylamine groups is 1. The molecule has 0 aliphatic carbocycles. The van der Waals surface area contributed by atoms with Gasteiger partial charge in [-0.25, -0.2) is 19.9 Å². The monoisotopic (exact) mass is 313 g/mol. The molecule has 17 heavy (non-hydrogen) atoms. The maximum Gasteiger partial charge on any atom is 0.189 e. The van der Waals surface area contributed by atoms with Gasteiger partial charge in [0.05, 0.1) is 4.47 Å². The van der Waals surface area contributed by atoms with Crippen molar-refractivity contribution in [2.24, 2.45) is 4.99 Å². The molecular weight excluding hydrogens is 306 g/mol. The van der Waals surface area contributed by atoms with Crippen molar-refractivity contribution in [3.63, 3.8) is 0 Å². The van der Waals surface area contributed by atoms with Gasteiger partial charge in [-0.05, 0) is 28.3 Å². The molecule has 2 rings (SSSR count). The van der Waals surface area contributed by atoms with Gasteiger partial charge in [0.1, 0.15) is 6.34 Å². The minimum atomic E-state index is 0.435. The lowest BCUT2D eigenvalue weighted by atomic mass is 10.3. The van der Waals surface area contributed by atoms with E-state index in [9.17, 15) is 0 Å². The van der Waals surface area contributed by atoms with Gasteiger partial charge in [-0.15, -0.1) is 0 Å². The van der Waals surface area contributed by atoms with Crippen molar-refractivity contribution in [1.82, 2.24) is 20.4 Å². The molecule has 0 saturated heterocycles. The molecule has 0 atom stereocenters. The number of nitrogens with one attached hydrogen (secondary N) is 1. The molecule has 0 aromatic carbocycles. The summed E-state index contributed by atoms with van der Waals surface area (Å²) in [5.74, 6) is 0.435. The SMILES string of the molecule is CSc1ncc2cc(Br)c(/N=C/NO)nc2n1. The molecule has 0 radical (unpaired) electrons. The first-order chi connectivity index (χ1) is 8.24. The Balaban J connectivity index is 2.56. The highest BCUT2D eigenvalue weighted by molar-refractivity contribution is 9.10. The molecule has 6 nitrogen and oxygen atoms in total. The zero-order valence-corrected chi connectivity index (χ0v) is 11.2. The topological polar surface area (TPSA) is 83.3 Å². The molecule has 0 aliphatic heterocycles. The molecule has 0 amide bonds. The highest BCUT2D eigenvalue weighted by Crippen LogP contribution is 2.26. The lowest BCUT2D eigenvalue weighted by Gasteiger charge is -2.02. The van der Waals surface area contributed by atoms with Crippen molar-refractivity contribution in [3.05, 3.63) is 16.7 Å². The molecule has 0 aliphatic rings. The van der Waals surface area contributed by atoms with Crippen LogP contribution in [0.3, 0.4) is 0 Å². The van der Waals surface area contributed by atoms with Gasteiger partial charge in [0.15, 0.2) is 16.6 Å². The van der Waals surface area contributed by atoms with Crippen LogP contribution >= 0.6 is 27.7 Å². The van der Waals surface area contributed by atoms with Crippen LogP contribution in [0.1, 0.15) is 0 Å². The molecule has 2 N–H and O–H groups in total. The van der Waals surface area contributed by atoms with Crippen molar-refractivity contribution < 1.29 is 5.21 Å². The number of pyridine rings is 1. The number of halogens is 1. The largest absolute Gasteiger partial charge is 0.290 e. The fourth-order valence-corrected chi connectivity index (χ4v) is 1.97. The summed E-state index contributed by atoms with van der Waals surface area (Å²) < 4.78 is 0.706. The summed E-state index contributed by atoms with van der Waals surface area (Å²) in [6, 6.07) is 1.83. The zero-order chi connectivity index (χ0) is 12.3. The normalized spacial score (nSPS) is 11.2. The number of fused-ring (bicyclic) bond motifs is 1. The van der Waals surface area contributed by atoms with Crippen molar-refractivity contribution in [2.75, 3.05) is 6.26 Å². The number of aliphatic imine (C=N–C) groups is 1. The number of rotatable bonds is 3. The average Bonchev–Trinajstić information content (AvgIpc) is 2.35. The number of hydrogen-bond donors (Lipinski definition) is 2. The number of thioether (sulfide) groups is 1. The van der Waals surface area contributed by atoms with Gasteiger partial charge in [-0.2, -0.15) is 0 Å². The van der Waals surface area contributed by atoms with E-state index in [1.54, 1.807) is 6.20 Å². The maximum atomic E-state index is 8.44. The molecule has 0 bridgehead atoms. The second-order valence-corrected chi connectivity index (χ2v) is 4.58. The van der Waals surface area contributed by atoms with Crippen LogP contribution in [0.5, 0.6) is 0 Å². The molecule has 8 heteroatoms.